The lowest BCUT2D eigenvalue weighted by Gasteiger charge is -2.33. The number of allylic oxidation sites excluding steroid dienone is 8. The van der Waals surface area contributed by atoms with Gasteiger partial charge in [-0.2, -0.15) is 10.5 Å². The van der Waals surface area contributed by atoms with E-state index in [1.165, 1.54) is 22.5 Å². The SMILES string of the molecule is CCN(CC)c1ccc2c(c1)N(CC)/C(=C/C1=CC(=C(C#N)C#N)C=C(C)O1)C=C2C. The van der Waals surface area contributed by atoms with Crippen LogP contribution in [0.4, 0.5) is 11.4 Å². The van der Waals surface area contributed by atoms with E-state index >= 15 is 0 Å². The van der Waals surface area contributed by atoms with Crippen molar-refractivity contribution in [3.63, 3.8) is 0 Å². The standard InChI is InChI=1S/C26H28N4O/c1-6-29(7-2)22-9-10-25-18(4)11-23(30(8-3)26(25)15-22)14-24-13-20(12-19(5)31-24)21(16-27)17-28/h9-15H,6-8H2,1-5H3/b23-14+. The third kappa shape index (κ3) is 4.42. The maximum Gasteiger partial charge on any atom is 0.137 e. The van der Waals surface area contributed by atoms with Crippen LogP contribution in [0.15, 0.2) is 70.9 Å². The first-order valence-electron chi connectivity index (χ1n) is 10.6. The van der Waals surface area contributed by atoms with Crippen LogP contribution in [0.3, 0.4) is 0 Å². The van der Waals surface area contributed by atoms with Crippen LogP contribution >= 0.6 is 0 Å². The summed E-state index contributed by atoms with van der Waals surface area (Å²) >= 11 is 0. The molecular weight excluding hydrogens is 384 g/mol. The Morgan fingerprint density at radius 1 is 1.06 bits per heavy atom. The van der Waals surface area contributed by atoms with Gasteiger partial charge in [0.05, 0.1) is 5.69 Å². The number of nitriles is 2. The summed E-state index contributed by atoms with van der Waals surface area (Å²) in [6.07, 6.45) is 7.60. The molecule has 0 saturated heterocycles. The predicted octanol–water partition coefficient (Wildman–Crippen LogP) is 5.82. The molecule has 0 radical (unpaired) electrons. The summed E-state index contributed by atoms with van der Waals surface area (Å²) < 4.78 is 5.90. The molecule has 3 rings (SSSR count). The van der Waals surface area contributed by atoms with Crippen molar-refractivity contribution in [3.05, 3.63) is 76.4 Å². The second-order valence-electron chi connectivity index (χ2n) is 7.47. The molecule has 1 aromatic carbocycles. The molecular formula is C26H28N4O. The average molecular weight is 413 g/mol. The van der Waals surface area contributed by atoms with Gasteiger partial charge in [-0.25, -0.2) is 0 Å². The lowest BCUT2D eigenvalue weighted by atomic mass is 9.97. The number of fused-ring (bicyclic) bond motifs is 1. The highest BCUT2D eigenvalue weighted by Crippen LogP contribution is 2.39. The Morgan fingerprint density at radius 3 is 2.39 bits per heavy atom. The number of benzene rings is 1. The number of likely N-dealkylation sites (N-methyl/N-ethyl adjacent to an activating group) is 1. The van der Waals surface area contributed by atoms with Crippen LogP contribution in [0.2, 0.25) is 0 Å². The van der Waals surface area contributed by atoms with E-state index in [2.05, 4.69) is 61.8 Å². The Morgan fingerprint density at radius 2 is 1.77 bits per heavy atom. The summed E-state index contributed by atoms with van der Waals surface area (Å²) in [6.45, 7) is 13.1. The van der Waals surface area contributed by atoms with Crippen molar-refractivity contribution in [3.8, 4) is 12.1 Å². The van der Waals surface area contributed by atoms with E-state index in [1.54, 1.807) is 12.2 Å². The molecule has 2 heterocycles. The zero-order valence-corrected chi connectivity index (χ0v) is 18.9. The molecule has 2 aliphatic heterocycles. The highest BCUT2D eigenvalue weighted by molar-refractivity contribution is 5.85. The second-order valence-corrected chi connectivity index (χ2v) is 7.47. The normalized spacial score (nSPS) is 16.4. The minimum Gasteiger partial charge on any atom is -0.462 e. The van der Waals surface area contributed by atoms with E-state index in [-0.39, 0.29) is 5.57 Å². The monoisotopic (exact) mass is 412 g/mol. The Kier molecular flexibility index (Phi) is 6.68. The molecule has 2 aliphatic rings. The van der Waals surface area contributed by atoms with E-state index in [0.29, 0.717) is 17.1 Å². The number of ether oxygens (including phenoxy) is 1. The first-order chi connectivity index (χ1) is 14.9. The Balaban J connectivity index is 2.09. The molecule has 5 heteroatoms. The highest BCUT2D eigenvalue weighted by Gasteiger charge is 2.22. The summed E-state index contributed by atoms with van der Waals surface area (Å²) in [6, 6.07) is 10.6. The van der Waals surface area contributed by atoms with Crippen molar-refractivity contribution < 1.29 is 4.74 Å². The largest absolute Gasteiger partial charge is 0.462 e. The topological polar surface area (TPSA) is 63.3 Å². The molecule has 0 amide bonds. The van der Waals surface area contributed by atoms with Gasteiger partial charge in [-0.05, 0) is 70.6 Å². The molecule has 0 bridgehead atoms. The Bertz CT molecular complexity index is 1100. The molecule has 1 aromatic rings. The number of rotatable bonds is 5. The fourth-order valence-electron chi connectivity index (χ4n) is 4.03. The van der Waals surface area contributed by atoms with E-state index in [9.17, 15) is 10.5 Å². The lowest BCUT2D eigenvalue weighted by Crippen LogP contribution is -2.27. The first-order valence-corrected chi connectivity index (χ1v) is 10.6. The molecule has 0 saturated carbocycles. The van der Waals surface area contributed by atoms with Gasteiger partial charge in [0, 0.05) is 48.2 Å². The maximum absolute atomic E-state index is 9.24. The molecule has 5 nitrogen and oxygen atoms in total. The van der Waals surface area contributed by atoms with Gasteiger partial charge in [-0.1, -0.05) is 6.07 Å². The summed E-state index contributed by atoms with van der Waals surface area (Å²) in [4.78, 5) is 4.61. The number of nitrogens with zero attached hydrogens (tertiary/aromatic N) is 4. The van der Waals surface area contributed by atoms with Gasteiger partial charge in [0.1, 0.15) is 29.2 Å². The highest BCUT2D eigenvalue weighted by atomic mass is 16.5. The number of anilines is 2. The predicted molar refractivity (Wildman–Crippen MR) is 126 cm³/mol. The number of hydrogen-bond donors (Lipinski definition) is 0. The van der Waals surface area contributed by atoms with Gasteiger partial charge < -0.3 is 14.5 Å². The van der Waals surface area contributed by atoms with Crippen molar-refractivity contribution in [2.45, 2.75) is 34.6 Å². The van der Waals surface area contributed by atoms with E-state index in [4.69, 9.17) is 4.74 Å². The second kappa shape index (κ2) is 9.41. The molecule has 0 unspecified atom stereocenters. The molecule has 0 aliphatic carbocycles. The summed E-state index contributed by atoms with van der Waals surface area (Å²) in [5, 5.41) is 18.5. The van der Waals surface area contributed by atoms with Crippen LogP contribution < -0.4 is 9.80 Å². The van der Waals surface area contributed by atoms with Crippen LogP contribution in [0, 0.1) is 22.7 Å². The van der Waals surface area contributed by atoms with Crippen molar-refractivity contribution in [1.82, 2.24) is 0 Å². The van der Waals surface area contributed by atoms with Gasteiger partial charge >= 0.3 is 0 Å². The van der Waals surface area contributed by atoms with Gasteiger partial charge in [-0.3, -0.25) is 0 Å². The van der Waals surface area contributed by atoms with Crippen molar-refractivity contribution >= 4 is 16.9 Å². The summed E-state index contributed by atoms with van der Waals surface area (Å²) in [5.74, 6) is 1.26. The quantitative estimate of drug-likeness (QED) is 0.570. The van der Waals surface area contributed by atoms with E-state index < -0.39 is 0 Å². The molecule has 0 aromatic heterocycles. The van der Waals surface area contributed by atoms with Crippen LogP contribution in [-0.4, -0.2) is 19.6 Å². The molecule has 158 valence electrons. The third-order valence-corrected chi connectivity index (χ3v) is 5.56. The van der Waals surface area contributed by atoms with Gasteiger partial charge in [0.2, 0.25) is 0 Å². The number of hydrogen-bond acceptors (Lipinski definition) is 5. The van der Waals surface area contributed by atoms with Gasteiger partial charge in [-0.15, -0.1) is 0 Å². The van der Waals surface area contributed by atoms with Gasteiger partial charge in [0.15, 0.2) is 0 Å². The maximum atomic E-state index is 9.24. The average Bonchev–Trinajstić information content (AvgIpc) is 2.75. The third-order valence-electron chi connectivity index (χ3n) is 5.56. The molecule has 31 heavy (non-hydrogen) atoms. The van der Waals surface area contributed by atoms with Gasteiger partial charge in [0.25, 0.3) is 0 Å². The van der Waals surface area contributed by atoms with Crippen LogP contribution in [-0.2, 0) is 4.74 Å². The Hall–Kier alpha value is -3.70. The summed E-state index contributed by atoms with van der Waals surface area (Å²) in [5.41, 5.74) is 6.46. The van der Waals surface area contributed by atoms with E-state index in [1.807, 2.05) is 25.1 Å². The Labute approximate surface area is 185 Å². The van der Waals surface area contributed by atoms with Crippen LogP contribution in [0.25, 0.3) is 5.57 Å². The van der Waals surface area contributed by atoms with Crippen LogP contribution in [0.1, 0.15) is 40.2 Å². The smallest absolute Gasteiger partial charge is 0.137 e. The molecule has 0 N–H and O–H groups in total. The van der Waals surface area contributed by atoms with Crippen LogP contribution in [0.5, 0.6) is 0 Å². The zero-order valence-electron chi connectivity index (χ0n) is 18.9. The van der Waals surface area contributed by atoms with Crippen molar-refractivity contribution in [2.24, 2.45) is 0 Å². The van der Waals surface area contributed by atoms with E-state index in [0.717, 1.165) is 25.3 Å². The summed E-state index contributed by atoms with van der Waals surface area (Å²) in [7, 11) is 0. The first kappa shape index (κ1) is 22.0. The lowest BCUT2D eigenvalue weighted by molar-refractivity contribution is 0.317. The fourth-order valence-corrected chi connectivity index (χ4v) is 4.03. The van der Waals surface area contributed by atoms with Crippen molar-refractivity contribution in [1.29, 1.82) is 10.5 Å². The minimum atomic E-state index is 0.0791. The minimum absolute atomic E-state index is 0.0791. The zero-order chi connectivity index (χ0) is 22.5. The molecule has 0 spiro atoms. The fraction of sp³-hybridized carbons (Fsp3) is 0.308. The molecule has 0 fully saturated rings. The molecule has 0 atom stereocenters. The van der Waals surface area contributed by atoms with Crippen molar-refractivity contribution in [2.75, 3.05) is 29.4 Å².